The van der Waals surface area contributed by atoms with Gasteiger partial charge in [0, 0.05) is 5.54 Å². The molecule has 2 nitrogen and oxygen atoms in total. The van der Waals surface area contributed by atoms with Crippen molar-refractivity contribution in [3.05, 3.63) is 65.7 Å². The van der Waals surface area contributed by atoms with Crippen molar-refractivity contribution in [3.8, 4) is 5.75 Å². The molecule has 0 radical (unpaired) electrons. The Balaban J connectivity index is 1.58. The molecule has 110 valence electrons. The van der Waals surface area contributed by atoms with Gasteiger partial charge in [0.05, 0.1) is 6.61 Å². The predicted octanol–water partition coefficient (Wildman–Crippen LogP) is 4.04. The second-order valence-corrected chi connectivity index (χ2v) is 5.93. The Hall–Kier alpha value is -1.80. The van der Waals surface area contributed by atoms with Gasteiger partial charge in [-0.2, -0.15) is 0 Å². The molecule has 0 saturated carbocycles. The topological polar surface area (TPSA) is 35.2 Å². The normalized spacial score (nSPS) is 20.8. The Bertz CT molecular complexity index is 581. The van der Waals surface area contributed by atoms with Crippen LogP contribution in [0.3, 0.4) is 0 Å². The molecule has 21 heavy (non-hydrogen) atoms. The lowest BCUT2D eigenvalue weighted by molar-refractivity contribution is 0.265. The van der Waals surface area contributed by atoms with E-state index in [0.717, 1.165) is 38.0 Å². The van der Waals surface area contributed by atoms with E-state index < -0.39 is 0 Å². The van der Waals surface area contributed by atoms with E-state index in [1.54, 1.807) is 0 Å². The van der Waals surface area contributed by atoms with Crippen LogP contribution in [0.2, 0.25) is 0 Å². The fourth-order valence-electron chi connectivity index (χ4n) is 3.31. The highest BCUT2D eigenvalue weighted by atomic mass is 16.5. The number of hydrogen-bond donors (Lipinski definition) is 1. The number of hydrogen-bond acceptors (Lipinski definition) is 2. The van der Waals surface area contributed by atoms with E-state index in [1.807, 2.05) is 30.3 Å². The summed E-state index contributed by atoms with van der Waals surface area (Å²) in [4.78, 5) is 0. The van der Waals surface area contributed by atoms with E-state index in [4.69, 9.17) is 10.5 Å². The van der Waals surface area contributed by atoms with Gasteiger partial charge < -0.3 is 10.5 Å². The molecule has 0 saturated heterocycles. The smallest absolute Gasteiger partial charge is 0.119 e. The van der Waals surface area contributed by atoms with Crippen molar-refractivity contribution in [3.63, 3.8) is 0 Å². The molecule has 2 heteroatoms. The molecule has 0 fully saturated rings. The summed E-state index contributed by atoms with van der Waals surface area (Å²) in [6, 6.07) is 18.6. The van der Waals surface area contributed by atoms with Gasteiger partial charge in [-0.25, -0.2) is 0 Å². The molecule has 1 aliphatic carbocycles. The van der Waals surface area contributed by atoms with Crippen molar-refractivity contribution < 1.29 is 4.74 Å². The number of fused-ring (bicyclic) bond motifs is 1. The Kier molecular flexibility index (Phi) is 4.26. The largest absolute Gasteiger partial charge is 0.494 e. The van der Waals surface area contributed by atoms with Gasteiger partial charge in [-0.3, -0.25) is 0 Å². The van der Waals surface area contributed by atoms with Crippen molar-refractivity contribution >= 4 is 0 Å². The minimum absolute atomic E-state index is 0.172. The van der Waals surface area contributed by atoms with Gasteiger partial charge in [-0.05, 0) is 55.4 Å². The first-order valence-corrected chi connectivity index (χ1v) is 7.83. The van der Waals surface area contributed by atoms with Gasteiger partial charge in [-0.15, -0.1) is 0 Å². The third-order valence-corrected chi connectivity index (χ3v) is 4.40. The second-order valence-electron chi connectivity index (χ2n) is 5.93. The van der Waals surface area contributed by atoms with Crippen LogP contribution in [0.1, 0.15) is 36.8 Å². The summed E-state index contributed by atoms with van der Waals surface area (Å²) in [7, 11) is 0. The molecule has 0 spiro atoms. The van der Waals surface area contributed by atoms with Crippen LogP contribution < -0.4 is 10.5 Å². The second kappa shape index (κ2) is 6.31. The van der Waals surface area contributed by atoms with Crippen molar-refractivity contribution in [2.75, 3.05) is 6.61 Å². The van der Waals surface area contributed by atoms with E-state index in [0.29, 0.717) is 0 Å². The fourth-order valence-corrected chi connectivity index (χ4v) is 3.31. The Labute approximate surface area is 126 Å². The van der Waals surface area contributed by atoms with E-state index in [2.05, 4.69) is 24.3 Å². The number of aryl methyl sites for hydroxylation is 1. The lowest BCUT2D eigenvalue weighted by Crippen LogP contribution is -2.40. The molecule has 2 aromatic rings. The summed E-state index contributed by atoms with van der Waals surface area (Å²) in [6.45, 7) is 0.727. The van der Waals surface area contributed by atoms with Gasteiger partial charge in [-0.1, -0.05) is 42.5 Å². The monoisotopic (exact) mass is 281 g/mol. The number of nitrogens with two attached hydrogens (primary N) is 1. The molecule has 2 aromatic carbocycles. The zero-order valence-corrected chi connectivity index (χ0v) is 12.4. The average molecular weight is 281 g/mol. The molecular formula is C19H23NO. The van der Waals surface area contributed by atoms with Crippen molar-refractivity contribution in [2.45, 2.75) is 37.6 Å². The summed E-state index contributed by atoms with van der Waals surface area (Å²) in [5, 5.41) is 0. The molecule has 0 aromatic heterocycles. The van der Waals surface area contributed by atoms with Gasteiger partial charge >= 0.3 is 0 Å². The molecule has 0 aliphatic heterocycles. The lowest BCUT2D eigenvalue weighted by atomic mass is 9.75. The zero-order valence-electron chi connectivity index (χ0n) is 12.4. The van der Waals surface area contributed by atoms with Crippen LogP contribution in [0.15, 0.2) is 54.6 Å². The number of rotatable bonds is 5. The molecule has 0 bridgehead atoms. The standard InChI is InChI=1S/C19H23NO/c20-19(13-6-9-16-8-4-5-12-18(16)19)14-7-15-21-17-10-2-1-3-11-17/h1-5,8,10-12H,6-7,9,13-15,20H2. The number of benzene rings is 2. The minimum Gasteiger partial charge on any atom is -0.494 e. The predicted molar refractivity (Wildman–Crippen MR) is 86.4 cm³/mol. The average Bonchev–Trinajstić information content (AvgIpc) is 2.53. The van der Waals surface area contributed by atoms with Gasteiger partial charge in [0.1, 0.15) is 5.75 Å². The SMILES string of the molecule is NC1(CCCOc2ccccc2)CCCc2ccccc21. The first kappa shape index (κ1) is 14.2. The van der Waals surface area contributed by atoms with Crippen LogP contribution in [0, 0.1) is 0 Å². The number of para-hydroxylation sites is 1. The van der Waals surface area contributed by atoms with Crippen LogP contribution in [-0.2, 0) is 12.0 Å². The maximum absolute atomic E-state index is 6.69. The molecule has 0 heterocycles. The van der Waals surface area contributed by atoms with E-state index in [1.165, 1.54) is 17.5 Å². The highest BCUT2D eigenvalue weighted by Crippen LogP contribution is 2.36. The molecule has 1 aliphatic rings. The molecule has 1 unspecified atom stereocenters. The van der Waals surface area contributed by atoms with Crippen LogP contribution in [-0.4, -0.2) is 6.61 Å². The van der Waals surface area contributed by atoms with E-state index in [-0.39, 0.29) is 5.54 Å². The van der Waals surface area contributed by atoms with E-state index in [9.17, 15) is 0 Å². The summed E-state index contributed by atoms with van der Waals surface area (Å²) in [6.07, 6.45) is 5.40. The third kappa shape index (κ3) is 3.27. The summed E-state index contributed by atoms with van der Waals surface area (Å²) < 4.78 is 5.77. The molecular weight excluding hydrogens is 258 g/mol. The molecule has 0 amide bonds. The summed E-state index contributed by atoms with van der Waals surface area (Å²) in [5.41, 5.74) is 9.29. The van der Waals surface area contributed by atoms with Crippen molar-refractivity contribution in [1.29, 1.82) is 0 Å². The third-order valence-electron chi connectivity index (χ3n) is 4.40. The number of ether oxygens (including phenoxy) is 1. The molecule has 2 N–H and O–H groups in total. The van der Waals surface area contributed by atoms with Gasteiger partial charge in [0.15, 0.2) is 0 Å². The Morgan fingerprint density at radius 2 is 1.76 bits per heavy atom. The Morgan fingerprint density at radius 1 is 1.00 bits per heavy atom. The molecule has 3 rings (SSSR count). The van der Waals surface area contributed by atoms with Crippen molar-refractivity contribution in [2.24, 2.45) is 5.73 Å². The van der Waals surface area contributed by atoms with E-state index >= 15 is 0 Å². The van der Waals surface area contributed by atoms with Crippen LogP contribution in [0.25, 0.3) is 0 Å². The molecule has 1 atom stereocenters. The van der Waals surface area contributed by atoms with Gasteiger partial charge in [0.2, 0.25) is 0 Å². The van der Waals surface area contributed by atoms with Crippen LogP contribution in [0.5, 0.6) is 5.75 Å². The maximum Gasteiger partial charge on any atom is 0.119 e. The van der Waals surface area contributed by atoms with Crippen LogP contribution in [0.4, 0.5) is 0 Å². The maximum atomic E-state index is 6.69. The fraction of sp³-hybridized carbons (Fsp3) is 0.368. The van der Waals surface area contributed by atoms with Crippen molar-refractivity contribution in [1.82, 2.24) is 0 Å². The highest BCUT2D eigenvalue weighted by Gasteiger charge is 2.31. The highest BCUT2D eigenvalue weighted by molar-refractivity contribution is 5.35. The quantitative estimate of drug-likeness (QED) is 0.840. The summed E-state index contributed by atoms with van der Waals surface area (Å²) in [5.74, 6) is 0.938. The Morgan fingerprint density at radius 3 is 2.62 bits per heavy atom. The zero-order chi connectivity index (χ0) is 14.5. The first-order chi connectivity index (χ1) is 10.3. The minimum atomic E-state index is -0.172. The summed E-state index contributed by atoms with van der Waals surface area (Å²) >= 11 is 0. The van der Waals surface area contributed by atoms with Crippen LogP contribution >= 0.6 is 0 Å². The lowest BCUT2D eigenvalue weighted by Gasteiger charge is -2.36. The van der Waals surface area contributed by atoms with Gasteiger partial charge in [0.25, 0.3) is 0 Å². The first-order valence-electron chi connectivity index (χ1n) is 7.83.